The van der Waals surface area contributed by atoms with Crippen LogP contribution in [0.25, 0.3) is 105 Å². The summed E-state index contributed by atoms with van der Waals surface area (Å²) in [4.78, 5) is 22.5. The topological polar surface area (TPSA) is 79.2 Å². The fourth-order valence-corrected chi connectivity index (χ4v) is 13.7. The van der Waals surface area contributed by atoms with Gasteiger partial charge in [-0.3, -0.25) is 24.5 Å². The van der Waals surface area contributed by atoms with E-state index in [9.17, 15) is 0 Å². The van der Waals surface area contributed by atoms with Crippen LogP contribution in [-0.4, -0.2) is 38.6 Å². The highest BCUT2D eigenvalue weighted by atomic mass is 15.1. The molecular weight excluding hydrogens is 1350 g/mol. The molecule has 0 fully saturated rings. The van der Waals surface area contributed by atoms with Gasteiger partial charge in [-0.15, -0.1) is 0 Å². The molecule has 0 aliphatic rings. The average molecular weight is 1460 g/mol. The minimum atomic E-state index is 0.00226. The normalized spacial score (nSPS) is 11.9. The number of para-hydroxylation sites is 6. The van der Waals surface area contributed by atoms with Crippen molar-refractivity contribution in [3.05, 3.63) is 362 Å². The maximum Gasteiger partial charge on any atom is 0.137 e. The van der Waals surface area contributed by atoms with Gasteiger partial charge >= 0.3 is 0 Å². The molecule has 111 heavy (non-hydrogen) atoms. The molecule has 0 atom stereocenters. The Hall–Kier alpha value is -11.9. The Kier molecular flexibility index (Phi) is 23.5. The molecule has 0 spiro atoms. The van der Waals surface area contributed by atoms with Crippen LogP contribution in [-0.2, 0) is 32.5 Å². The lowest BCUT2D eigenvalue weighted by molar-refractivity contribution is 0.567. The second-order valence-electron chi connectivity index (χ2n) is 34.8. The third kappa shape index (κ3) is 18.7. The first-order valence-electron chi connectivity index (χ1n) is 38.9. The third-order valence-electron chi connectivity index (χ3n) is 20.0. The van der Waals surface area contributed by atoms with E-state index in [4.69, 9.17) is 9.97 Å². The van der Waals surface area contributed by atoms with E-state index >= 15 is 0 Å². The van der Waals surface area contributed by atoms with Gasteiger partial charge in [0.1, 0.15) is 5.82 Å². The van der Waals surface area contributed by atoms with Gasteiger partial charge in [0.25, 0.3) is 0 Å². The van der Waals surface area contributed by atoms with Gasteiger partial charge in [0, 0.05) is 113 Å². The molecule has 0 unspecified atom stereocenters. The summed E-state index contributed by atoms with van der Waals surface area (Å²) in [6.07, 6.45) is 7.53. The number of hydrogen-bond acceptors (Lipinski definition) is 5. The Morgan fingerprint density at radius 2 is 0.586 bits per heavy atom. The summed E-state index contributed by atoms with van der Waals surface area (Å²) in [5.41, 5.74) is 22.1. The standard InChI is InChI=1S/C34H28N2.C21H20N2.2C15H17N.2C9H13N/c1-34(2,3)23-20-24(35-30-16-8-4-12-26(30)27-13-5-9-17-31(27)35)22-25(21-23)36-32-18-10-6-14-28(32)29-15-7-11-19-33(29)36;1-21(2,3)19-13-8-14-20(22-19)23-17-11-6-4-9-15(17)16-10-5-7-12-18(16)23;1-15(2,3)14-11-7-10-13(16-14)12-8-5-4-6-9-12;1-15(2,3)13-9-10-14(16-11-13)12-7-5-4-6-8-12;1-9(2,3)8-5-4-6-10-7-8;1-9(2,3)8-6-4-5-7-10-8/h4-22H,1-3H3;4-14H,1-3H3;2*4-11H,1-3H3;2*4-7H,1-3H3. The third-order valence-corrected chi connectivity index (χ3v) is 20.0. The number of fused-ring (bicyclic) bond motifs is 9. The number of aromatic nitrogens is 8. The second kappa shape index (κ2) is 33.1. The Labute approximate surface area is 658 Å². The van der Waals surface area contributed by atoms with E-state index in [1.807, 2.05) is 73.2 Å². The molecule has 0 N–H and O–H groups in total. The highest BCUT2D eigenvalue weighted by Gasteiger charge is 2.24. The van der Waals surface area contributed by atoms with E-state index in [1.54, 1.807) is 6.20 Å². The average Bonchev–Trinajstić information content (AvgIpc) is 1.62. The van der Waals surface area contributed by atoms with Crippen LogP contribution in [0.5, 0.6) is 0 Å². The van der Waals surface area contributed by atoms with Crippen molar-refractivity contribution in [3.8, 4) is 39.7 Å². The quantitative estimate of drug-likeness (QED) is 0.172. The Morgan fingerprint density at radius 1 is 0.225 bits per heavy atom. The summed E-state index contributed by atoms with van der Waals surface area (Å²) < 4.78 is 7.12. The first-order valence-corrected chi connectivity index (χ1v) is 38.9. The predicted molar refractivity (Wildman–Crippen MR) is 474 cm³/mol. The minimum absolute atomic E-state index is 0.00226. The summed E-state index contributed by atoms with van der Waals surface area (Å²) in [6, 6.07) is 107. The second-order valence-corrected chi connectivity index (χ2v) is 34.8. The van der Waals surface area contributed by atoms with Gasteiger partial charge in [-0.25, -0.2) is 4.98 Å². The lowest BCUT2D eigenvalue weighted by Gasteiger charge is -2.23. The number of rotatable bonds is 5. The lowest BCUT2D eigenvalue weighted by Crippen LogP contribution is -2.14. The lowest BCUT2D eigenvalue weighted by atomic mass is 9.86. The Bertz CT molecular complexity index is 5580. The minimum Gasteiger partial charge on any atom is -0.309 e. The first kappa shape index (κ1) is 78.7. The summed E-state index contributed by atoms with van der Waals surface area (Å²) in [5.74, 6) is 0.981. The number of hydrogen-bond donors (Lipinski definition) is 0. The molecule has 8 heterocycles. The van der Waals surface area contributed by atoms with Crippen LogP contribution in [0.2, 0.25) is 0 Å². The molecule has 0 radical (unpaired) electrons. The van der Waals surface area contributed by atoms with E-state index in [0.717, 1.165) is 34.3 Å². The molecule has 8 nitrogen and oxygen atoms in total. The van der Waals surface area contributed by atoms with Crippen LogP contribution in [0.15, 0.2) is 328 Å². The van der Waals surface area contributed by atoms with Crippen molar-refractivity contribution in [1.82, 2.24) is 38.6 Å². The maximum atomic E-state index is 4.95. The largest absolute Gasteiger partial charge is 0.309 e. The molecule has 0 amide bonds. The highest BCUT2D eigenvalue weighted by molar-refractivity contribution is 6.11. The molecule has 8 aromatic heterocycles. The van der Waals surface area contributed by atoms with Gasteiger partial charge in [0.05, 0.1) is 44.5 Å². The van der Waals surface area contributed by atoms with Crippen LogP contribution in [0, 0.1) is 0 Å². The molecule has 0 saturated carbocycles. The molecular formula is C103H108N8. The molecule has 17 aromatic rings. The SMILES string of the molecule is CC(C)(C)c1cc(-n2c3ccccc3c3ccccc32)cc(-n2c3ccccc3c3ccccc32)c1.CC(C)(C)c1ccc(-c2ccccc2)nc1.CC(C)(C)c1cccc(-c2ccccc2)n1.CC(C)(C)c1cccc(-n2c3ccccc3c3ccccc32)n1.CC(C)(C)c1ccccn1.CC(C)(C)c1cccnc1. The molecule has 0 aliphatic heterocycles. The van der Waals surface area contributed by atoms with Crippen LogP contribution >= 0.6 is 0 Å². The van der Waals surface area contributed by atoms with Gasteiger partial charge < -0.3 is 9.13 Å². The number of nitrogens with zero attached hydrogens (tertiary/aromatic N) is 8. The zero-order valence-corrected chi connectivity index (χ0v) is 68.3. The molecule has 0 saturated heterocycles. The van der Waals surface area contributed by atoms with E-state index in [-0.39, 0.29) is 32.5 Å². The Balaban J connectivity index is 0.000000132. The van der Waals surface area contributed by atoms with Crippen molar-refractivity contribution in [2.75, 3.05) is 0 Å². The first-order chi connectivity index (χ1) is 52.9. The van der Waals surface area contributed by atoms with Crippen molar-refractivity contribution in [3.63, 3.8) is 0 Å². The van der Waals surface area contributed by atoms with Crippen molar-refractivity contribution in [2.45, 2.75) is 157 Å². The molecule has 9 aromatic carbocycles. The van der Waals surface area contributed by atoms with Crippen LogP contribution in [0.3, 0.4) is 0 Å². The molecule has 0 bridgehead atoms. The number of benzene rings is 9. The summed E-state index contributed by atoms with van der Waals surface area (Å²) in [7, 11) is 0. The predicted octanol–water partition coefficient (Wildman–Crippen LogP) is 27.5. The van der Waals surface area contributed by atoms with Crippen molar-refractivity contribution in [2.24, 2.45) is 0 Å². The number of pyridine rings is 5. The van der Waals surface area contributed by atoms with Gasteiger partial charge in [0.2, 0.25) is 0 Å². The summed E-state index contributed by atoms with van der Waals surface area (Å²) in [6.45, 7) is 39.7. The molecule has 8 heteroatoms. The zero-order chi connectivity index (χ0) is 78.9. The van der Waals surface area contributed by atoms with Crippen LogP contribution < -0.4 is 0 Å². The van der Waals surface area contributed by atoms with Crippen LogP contribution in [0.4, 0.5) is 0 Å². The van der Waals surface area contributed by atoms with E-state index in [0.29, 0.717) is 0 Å². The van der Waals surface area contributed by atoms with Gasteiger partial charge in [-0.2, -0.15) is 0 Å². The zero-order valence-electron chi connectivity index (χ0n) is 68.3. The summed E-state index contributed by atoms with van der Waals surface area (Å²) in [5, 5.41) is 7.68. The smallest absolute Gasteiger partial charge is 0.137 e. The van der Waals surface area contributed by atoms with E-state index < -0.39 is 0 Å². The van der Waals surface area contributed by atoms with E-state index in [1.165, 1.54) is 105 Å². The fraction of sp³-hybridized carbons (Fsp3) is 0.233. The highest BCUT2D eigenvalue weighted by Crippen LogP contribution is 2.39. The molecule has 0 aliphatic carbocycles. The van der Waals surface area contributed by atoms with Crippen molar-refractivity contribution >= 4 is 65.4 Å². The van der Waals surface area contributed by atoms with Gasteiger partial charge in [-0.05, 0) is 136 Å². The maximum absolute atomic E-state index is 4.95. The molecule has 17 rings (SSSR count). The van der Waals surface area contributed by atoms with Gasteiger partial charge in [-0.1, -0.05) is 325 Å². The monoisotopic (exact) mass is 1460 g/mol. The van der Waals surface area contributed by atoms with Crippen LogP contribution in [0.1, 0.15) is 158 Å². The summed E-state index contributed by atoms with van der Waals surface area (Å²) >= 11 is 0. The molecule has 560 valence electrons. The van der Waals surface area contributed by atoms with Crippen molar-refractivity contribution < 1.29 is 0 Å². The van der Waals surface area contributed by atoms with Crippen molar-refractivity contribution in [1.29, 1.82) is 0 Å². The Morgan fingerprint density at radius 3 is 0.937 bits per heavy atom. The van der Waals surface area contributed by atoms with Gasteiger partial charge in [0.15, 0.2) is 0 Å². The van der Waals surface area contributed by atoms with E-state index in [2.05, 4.69) is 402 Å². The fourth-order valence-electron chi connectivity index (χ4n) is 13.7.